The molecule has 9 nitrogen and oxygen atoms in total. The van der Waals surface area contributed by atoms with Crippen molar-refractivity contribution in [2.45, 2.75) is 25.2 Å². The van der Waals surface area contributed by atoms with Gasteiger partial charge in [-0.1, -0.05) is 22.0 Å². The molecular weight excluding hydrogens is 472 g/mol. The smallest absolute Gasteiger partial charge is 0.252 e. The van der Waals surface area contributed by atoms with E-state index in [2.05, 4.69) is 31.0 Å². The van der Waals surface area contributed by atoms with Crippen LogP contribution in [0.1, 0.15) is 17.2 Å². The van der Waals surface area contributed by atoms with E-state index in [-0.39, 0.29) is 30.3 Å². The Morgan fingerprint density at radius 1 is 1.10 bits per heavy atom. The molecular formula is C19H21BrN6O3S. The number of aryl methyl sites for hydroxylation is 2. The monoisotopic (exact) mass is 492 g/mol. The lowest BCUT2D eigenvalue weighted by atomic mass is 10.3. The second-order valence-corrected chi connectivity index (χ2v) is 10.1. The fourth-order valence-electron chi connectivity index (χ4n) is 3.48. The standard InChI is InChI=1S/C19H21BrN6O3S/c1-13-10-14(2)26-19(21-13)22-17(23-26)12-18(27)24-6-8-25(9-7-24)30(28,29)16-5-3-4-15(20)11-16/h3-5,10-11H,6-9,12H2,1-2H3. The zero-order chi connectivity index (χ0) is 21.5. The van der Waals surface area contributed by atoms with Crippen LogP contribution >= 0.6 is 15.9 Å². The maximum Gasteiger partial charge on any atom is 0.252 e. The molecule has 1 fully saturated rings. The van der Waals surface area contributed by atoms with Crippen LogP contribution in [0.5, 0.6) is 0 Å². The lowest BCUT2D eigenvalue weighted by Gasteiger charge is -2.33. The van der Waals surface area contributed by atoms with Crippen LogP contribution in [0.4, 0.5) is 0 Å². The molecule has 158 valence electrons. The molecule has 0 radical (unpaired) electrons. The summed E-state index contributed by atoms with van der Waals surface area (Å²) in [5.41, 5.74) is 1.74. The van der Waals surface area contributed by atoms with E-state index in [1.807, 2.05) is 19.9 Å². The fraction of sp³-hybridized carbons (Fsp3) is 0.368. The van der Waals surface area contributed by atoms with Crippen LogP contribution in [-0.2, 0) is 21.2 Å². The molecule has 3 aromatic rings. The van der Waals surface area contributed by atoms with Gasteiger partial charge < -0.3 is 4.90 Å². The third kappa shape index (κ3) is 4.09. The molecule has 1 saturated heterocycles. The van der Waals surface area contributed by atoms with Gasteiger partial charge in [-0.3, -0.25) is 4.79 Å². The predicted molar refractivity (Wildman–Crippen MR) is 113 cm³/mol. The number of sulfonamides is 1. The van der Waals surface area contributed by atoms with Crippen LogP contribution in [-0.4, -0.2) is 69.3 Å². The molecule has 1 aromatic carbocycles. The number of carbonyl (C=O) groups is 1. The van der Waals surface area contributed by atoms with Gasteiger partial charge in [0.2, 0.25) is 15.9 Å². The summed E-state index contributed by atoms with van der Waals surface area (Å²) in [7, 11) is -3.59. The summed E-state index contributed by atoms with van der Waals surface area (Å²) in [6.45, 7) is 4.95. The first-order valence-electron chi connectivity index (χ1n) is 9.47. The molecule has 0 N–H and O–H groups in total. The van der Waals surface area contributed by atoms with Crippen LogP contribution < -0.4 is 0 Å². The summed E-state index contributed by atoms with van der Waals surface area (Å²) < 4.78 is 29.4. The van der Waals surface area contributed by atoms with Gasteiger partial charge >= 0.3 is 0 Å². The van der Waals surface area contributed by atoms with E-state index in [0.717, 1.165) is 11.4 Å². The number of carbonyl (C=O) groups excluding carboxylic acids is 1. The minimum absolute atomic E-state index is 0.0558. The number of hydrogen-bond acceptors (Lipinski definition) is 6. The van der Waals surface area contributed by atoms with Crippen molar-refractivity contribution >= 4 is 37.6 Å². The first kappa shape index (κ1) is 20.9. The molecule has 1 aliphatic heterocycles. The van der Waals surface area contributed by atoms with Crippen molar-refractivity contribution in [1.29, 1.82) is 0 Å². The minimum Gasteiger partial charge on any atom is -0.340 e. The summed E-state index contributed by atoms with van der Waals surface area (Å²) in [4.78, 5) is 23.3. The highest BCUT2D eigenvalue weighted by Crippen LogP contribution is 2.21. The van der Waals surface area contributed by atoms with E-state index in [9.17, 15) is 13.2 Å². The predicted octanol–water partition coefficient (Wildman–Crippen LogP) is 1.58. The topological polar surface area (TPSA) is 101 Å². The highest BCUT2D eigenvalue weighted by atomic mass is 79.9. The molecule has 0 unspecified atom stereocenters. The Kier molecular flexibility index (Phi) is 5.60. The van der Waals surface area contributed by atoms with Gasteiger partial charge in [-0.15, -0.1) is 5.10 Å². The summed E-state index contributed by atoms with van der Waals surface area (Å²) in [6, 6.07) is 8.53. The summed E-state index contributed by atoms with van der Waals surface area (Å²) in [5.74, 6) is 0.755. The Balaban J connectivity index is 1.42. The van der Waals surface area contributed by atoms with Crippen LogP contribution in [0, 0.1) is 13.8 Å². The molecule has 0 atom stereocenters. The molecule has 0 bridgehead atoms. The summed E-state index contributed by atoms with van der Waals surface area (Å²) in [5, 5.41) is 4.38. The SMILES string of the molecule is Cc1cc(C)n2nc(CC(=O)N3CCN(S(=O)(=O)c4cccc(Br)c4)CC3)nc2n1. The van der Waals surface area contributed by atoms with Crippen molar-refractivity contribution < 1.29 is 13.2 Å². The van der Waals surface area contributed by atoms with Crippen molar-refractivity contribution in [3.63, 3.8) is 0 Å². The van der Waals surface area contributed by atoms with Crippen molar-refractivity contribution in [3.05, 3.63) is 52.0 Å². The summed E-state index contributed by atoms with van der Waals surface area (Å²) in [6.07, 6.45) is 0.0558. The average Bonchev–Trinajstić information content (AvgIpc) is 3.10. The second kappa shape index (κ2) is 8.05. The van der Waals surface area contributed by atoms with Crippen LogP contribution in [0.25, 0.3) is 5.78 Å². The van der Waals surface area contributed by atoms with Gasteiger partial charge in [-0.2, -0.15) is 9.29 Å². The number of piperazine rings is 1. The molecule has 30 heavy (non-hydrogen) atoms. The molecule has 11 heteroatoms. The molecule has 0 saturated carbocycles. The number of halogens is 1. The molecule has 3 heterocycles. The van der Waals surface area contributed by atoms with E-state index in [0.29, 0.717) is 29.2 Å². The van der Waals surface area contributed by atoms with Gasteiger partial charge in [0.05, 0.1) is 11.3 Å². The number of benzene rings is 1. The number of fused-ring (bicyclic) bond motifs is 1. The Bertz CT molecular complexity index is 1220. The third-order valence-corrected chi connectivity index (χ3v) is 7.38. The van der Waals surface area contributed by atoms with Gasteiger partial charge in [0.25, 0.3) is 5.78 Å². The highest BCUT2D eigenvalue weighted by Gasteiger charge is 2.30. The molecule has 2 aromatic heterocycles. The average molecular weight is 493 g/mol. The molecule has 1 aliphatic rings. The lowest BCUT2D eigenvalue weighted by Crippen LogP contribution is -2.50. The van der Waals surface area contributed by atoms with E-state index < -0.39 is 10.0 Å². The minimum atomic E-state index is -3.59. The number of aromatic nitrogens is 4. The van der Waals surface area contributed by atoms with E-state index >= 15 is 0 Å². The van der Waals surface area contributed by atoms with Crippen molar-refractivity contribution in [3.8, 4) is 0 Å². The van der Waals surface area contributed by atoms with E-state index in [4.69, 9.17) is 0 Å². The van der Waals surface area contributed by atoms with Gasteiger partial charge in [0.15, 0.2) is 5.82 Å². The maximum atomic E-state index is 12.8. The van der Waals surface area contributed by atoms with Gasteiger partial charge in [0.1, 0.15) is 0 Å². The Morgan fingerprint density at radius 2 is 1.83 bits per heavy atom. The zero-order valence-electron chi connectivity index (χ0n) is 16.6. The van der Waals surface area contributed by atoms with Gasteiger partial charge in [-0.05, 0) is 38.1 Å². The van der Waals surface area contributed by atoms with E-state index in [1.54, 1.807) is 33.7 Å². The van der Waals surface area contributed by atoms with Crippen LogP contribution in [0.15, 0.2) is 39.7 Å². The molecule has 1 amide bonds. The lowest BCUT2D eigenvalue weighted by molar-refractivity contribution is -0.131. The first-order chi connectivity index (χ1) is 14.2. The van der Waals surface area contributed by atoms with Crippen LogP contribution in [0.2, 0.25) is 0 Å². The Labute approximate surface area is 182 Å². The van der Waals surface area contributed by atoms with Crippen molar-refractivity contribution in [1.82, 2.24) is 28.8 Å². The zero-order valence-corrected chi connectivity index (χ0v) is 19.0. The molecule has 0 aliphatic carbocycles. The van der Waals surface area contributed by atoms with Crippen molar-refractivity contribution in [2.75, 3.05) is 26.2 Å². The van der Waals surface area contributed by atoms with Gasteiger partial charge in [0, 0.05) is 42.0 Å². The highest BCUT2D eigenvalue weighted by molar-refractivity contribution is 9.10. The van der Waals surface area contributed by atoms with Crippen LogP contribution in [0.3, 0.4) is 0 Å². The quantitative estimate of drug-likeness (QED) is 0.547. The summed E-state index contributed by atoms with van der Waals surface area (Å²) >= 11 is 3.31. The fourth-order valence-corrected chi connectivity index (χ4v) is 5.50. The second-order valence-electron chi connectivity index (χ2n) is 7.20. The molecule has 4 rings (SSSR count). The Morgan fingerprint density at radius 3 is 2.53 bits per heavy atom. The van der Waals surface area contributed by atoms with E-state index in [1.165, 1.54) is 4.31 Å². The number of amides is 1. The number of nitrogens with zero attached hydrogens (tertiary/aromatic N) is 6. The maximum absolute atomic E-state index is 12.8. The largest absolute Gasteiger partial charge is 0.340 e. The van der Waals surface area contributed by atoms with Crippen molar-refractivity contribution in [2.24, 2.45) is 0 Å². The third-order valence-electron chi connectivity index (χ3n) is 5.00. The molecule has 0 spiro atoms. The van der Waals surface area contributed by atoms with Gasteiger partial charge in [-0.25, -0.2) is 17.9 Å². The normalized spacial score (nSPS) is 15.6. The number of rotatable bonds is 4. The first-order valence-corrected chi connectivity index (χ1v) is 11.7. The Hall–Kier alpha value is -2.37. The number of hydrogen-bond donors (Lipinski definition) is 0.